The Hall–Kier alpha value is -1.72. The fraction of sp³-hybridized carbons (Fsp3) is 0.652. The molecule has 158 valence electrons. The molecule has 1 unspecified atom stereocenters. The maximum Gasteiger partial charge on any atom is 0.238 e. The minimum atomic E-state index is -0.507. The molecule has 0 radical (unpaired) electrons. The minimum Gasteiger partial charge on any atom is -0.345 e. The van der Waals surface area contributed by atoms with Gasteiger partial charge in [-0.15, -0.1) is 0 Å². The topological polar surface area (TPSA) is 84.2 Å². The van der Waals surface area contributed by atoms with Gasteiger partial charge in [-0.05, 0) is 58.6 Å². The summed E-state index contributed by atoms with van der Waals surface area (Å²) in [4.78, 5) is 26.0. The zero-order chi connectivity index (χ0) is 21.4. The maximum absolute atomic E-state index is 13.1. The largest absolute Gasteiger partial charge is 0.345 e. The van der Waals surface area contributed by atoms with Gasteiger partial charge in [0.1, 0.15) is 0 Å². The fourth-order valence-corrected chi connectivity index (χ4v) is 3.14. The molecule has 0 saturated heterocycles. The molecule has 2 atom stereocenters. The summed E-state index contributed by atoms with van der Waals surface area (Å²) >= 11 is 0. The molecular formula is C23H39N3O2. The van der Waals surface area contributed by atoms with Crippen LogP contribution in [0.25, 0.3) is 0 Å². The summed E-state index contributed by atoms with van der Waals surface area (Å²) in [6.45, 7) is 12.4. The van der Waals surface area contributed by atoms with Crippen LogP contribution < -0.4 is 16.4 Å². The van der Waals surface area contributed by atoms with Crippen LogP contribution in [-0.2, 0) is 16.0 Å². The Bertz CT molecular complexity index is 615. The monoisotopic (exact) mass is 389 g/mol. The molecule has 0 fully saturated rings. The van der Waals surface area contributed by atoms with Crippen LogP contribution in [0.4, 0.5) is 0 Å². The number of rotatable bonds is 10. The number of unbranched alkanes of at least 4 members (excludes halogenated alkanes) is 1. The highest BCUT2D eigenvalue weighted by molar-refractivity contribution is 5.93. The third-order valence-corrected chi connectivity index (χ3v) is 4.53. The van der Waals surface area contributed by atoms with E-state index in [1.807, 2.05) is 71.9 Å². The Morgan fingerprint density at radius 3 is 2.07 bits per heavy atom. The van der Waals surface area contributed by atoms with Crippen molar-refractivity contribution in [2.24, 2.45) is 11.1 Å². The lowest BCUT2D eigenvalue weighted by molar-refractivity contribution is -0.133. The van der Waals surface area contributed by atoms with Crippen molar-refractivity contribution in [1.82, 2.24) is 10.6 Å². The molecule has 0 bridgehead atoms. The van der Waals surface area contributed by atoms with Crippen molar-refractivity contribution in [3.63, 3.8) is 0 Å². The summed E-state index contributed by atoms with van der Waals surface area (Å²) in [7, 11) is 0. The molecular weight excluding hydrogens is 350 g/mol. The van der Waals surface area contributed by atoms with E-state index in [0.717, 1.165) is 18.4 Å². The number of ketones is 1. The average molecular weight is 390 g/mol. The maximum atomic E-state index is 13.1. The van der Waals surface area contributed by atoms with Crippen molar-refractivity contribution in [2.75, 3.05) is 6.54 Å². The van der Waals surface area contributed by atoms with Crippen LogP contribution in [0.2, 0.25) is 0 Å². The third kappa shape index (κ3) is 8.98. The number of hydrogen-bond acceptors (Lipinski definition) is 4. The second-order valence-corrected chi connectivity index (χ2v) is 9.60. The number of carbonyl (C=O) groups is 2. The molecule has 1 aromatic carbocycles. The van der Waals surface area contributed by atoms with Gasteiger partial charge in [-0.1, -0.05) is 51.1 Å². The fourth-order valence-electron chi connectivity index (χ4n) is 3.14. The second-order valence-electron chi connectivity index (χ2n) is 9.60. The van der Waals surface area contributed by atoms with Crippen molar-refractivity contribution in [3.05, 3.63) is 35.9 Å². The van der Waals surface area contributed by atoms with Gasteiger partial charge in [0.2, 0.25) is 5.91 Å². The summed E-state index contributed by atoms with van der Waals surface area (Å²) in [5.41, 5.74) is 5.95. The van der Waals surface area contributed by atoms with Gasteiger partial charge < -0.3 is 16.4 Å². The Morgan fingerprint density at radius 2 is 1.57 bits per heavy atom. The SMILES string of the molecule is CC(C)(C)NC(Cc1ccccc1)C(=O)N[C@@H](CCCCN)C(=O)C(C)(C)C. The number of benzene rings is 1. The van der Waals surface area contributed by atoms with Gasteiger partial charge >= 0.3 is 0 Å². The Labute approximate surface area is 170 Å². The Kier molecular flexibility index (Phi) is 9.31. The van der Waals surface area contributed by atoms with Gasteiger partial charge in [-0.3, -0.25) is 9.59 Å². The lowest BCUT2D eigenvalue weighted by atomic mass is 9.84. The molecule has 0 aliphatic rings. The Balaban J connectivity index is 2.97. The summed E-state index contributed by atoms with van der Waals surface area (Å²) in [5.74, 6) is -0.0683. The smallest absolute Gasteiger partial charge is 0.238 e. The van der Waals surface area contributed by atoms with Crippen LogP contribution in [0, 0.1) is 5.41 Å². The molecule has 0 heterocycles. The molecule has 0 aliphatic heterocycles. The van der Waals surface area contributed by atoms with E-state index in [9.17, 15) is 9.59 Å². The van der Waals surface area contributed by atoms with Gasteiger partial charge in [-0.2, -0.15) is 0 Å². The highest BCUT2D eigenvalue weighted by Gasteiger charge is 2.33. The number of carbonyl (C=O) groups excluding carboxylic acids is 2. The molecule has 1 amide bonds. The first-order valence-corrected chi connectivity index (χ1v) is 10.3. The lowest BCUT2D eigenvalue weighted by Crippen LogP contribution is -2.56. The second kappa shape index (κ2) is 10.7. The molecule has 5 heteroatoms. The van der Waals surface area contributed by atoms with Crippen molar-refractivity contribution >= 4 is 11.7 Å². The molecule has 5 nitrogen and oxygen atoms in total. The van der Waals surface area contributed by atoms with Gasteiger partial charge in [0, 0.05) is 11.0 Å². The van der Waals surface area contributed by atoms with Gasteiger partial charge in [0.25, 0.3) is 0 Å². The molecule has 28 heavy (non-hydrogen) atoms. The standard InChI is InChI=1S/C23H39N3O2/c1-22(2,3)20(27)18(14-10-11-15-24)25-21(28)19(26-23(4,5)6)16-17-12-8-7-9-13-17/h7-9,12-13,18-19,26H,10-11,14-16,24H2,1-6H3,(H,25,28)/t18-,19?/m0/s1. The zero-order valence-electron chi connectivity index (χ0n) is 18.5. The van der Waals surface area contributed by atoms with Crippen LogP contribution in [0.1, 0.15) is 66.4 Å². The van der Waals surface area contributed by atoms with Crippen LogP contribution in [-0.4, -0.2) is 35.9 Å². The van der Waals surface area contributed by atoms with E-state index in [0.29, 0.717) is 19.4 Å². The van der Waals surface area contributed by atoms with E-state index < -0.39 is 17.5 Å². The number of Topliss-reactive ketones (excluding diaryl/α,β-unsaturated/α-hetero) is 1. The van der Waals surface area contributed by atoms with E-state index >= 15 is 0 Å². The summed E-state index contributed by atoms with van der Waals surface area (Å²) in [6, 6.07) is 9.05. The highest BCUT2D eigenvalue weighted by Crippen LogP contribution is 2.20. The third-order valence-electron chi connectivity index (χ3n) is 4.53. The number of hydrogen-bond donors (Lipinski definition) is 3. The predicted molar refractivity (Wildman–Crippen MR) is 116 cm³/mol. The first-order valence-electron chi connectivity index (χ1n) is 10.3. The highest BCUT2D eigenvalue weighted by atomic mass is 16.2. The van der Waals surface area contributed by atoms with Crippen LogP contribution >= 0.6 is 0 Å². The summed E-state index contributed by atoms with van der Waals surface area (Å²) < 4.78 is 0. The van der Waals surface area contributed by atoms with Crippen LogP contribution in [0.5, 0.6) is 0 Å². The molecule has 4 N–H and O–H groups in total. The van der Waals surface area contributed by atoms with E-state index in [1.165, 1.54) is 0 Å². The minimum absolute atomic E-state index is 0.0621. The van der Waals surface area contributed by atoms with Crippen LogP contribution in [0.3, 0.4) is 0 Å². The molecule has 0 saturated carbocycles. The van der Waals surface area contributed by atoms with Crippen molar-refractivity contribution in [2.45, 2.75) is 84.8 Å². The van der Waals surface area contributed by atoms with Crippen LogP contribution in [0.15, 0.2) is 30.3 Å². The zero-order valence-corrected chi connectivity index (χ0v) is 18.5. The van der Waals surface area contributed by atoms with Gasteiger partial charge in [-0.25, -0.2) is 0 Å². The van der Waals surface area contributed by atoms with Crippen molar-refractivity contribution < 1.29 is 9.59 Å². The van der Waals surface area contributed by atoms with E-state index in [-0.39, 0.29) is 17.2 Å². The van der Waals surface area contributed by atoms with Crippen molar-refractivity contribution in [1.29, 1.82) is 0 Å². The summed E-state index contributed by atoms with van der Waals surface area (Å²) in [5, 5.41) is 6.44. The average Bonchev–Trinajstić information content (AvgIpc) is 2.58. The predicted octanol–water partition coefficient (Wildman–Crippen LogP) is 3.21. The molecule has 1 rings (SSSR count). The van der Waals surface area contributed by atoms with E-state index in [2.05, 4.69) is 10.6 Å². The molecule has 0 aromatic heterocycles. The number of amides is 1. The lowest BCUT2D eigenvalue weighted by Gasteiger charge is -2.31. The van der Waals surface area contributed by atoms with E-state index in [4.69, 9.17) is 5.73 Å². The quantitative estimate of drug-likeness (QED) is 0.537. The molecule has 0 spiro atoms. The molecule has 1 aromatic rings. The first-order chi connectivity index (χ1) is 12.9. The first kappa shape index (κ1) is 24.3. The summed E-state index contributed by atoms with van der Waals surface area (Å²) in [6.07, 6.45) is 2.85. The Morgan fingerprint density at radius 1 is 0.964 bits per heavy atom. The van der Waals surface area contributed by atoms with E-state index in [1.54, 1.807) is 0 Å². The van der Waals surface area contributed by atoms with Gasteiger partial charge in [0.15, 0.2) is 5.78 Å². The number of nitrogens with one attached hydrogen (secondary N) is 2. The normalized spacial score (nSPS) is 14.4. The number of nitrogens with two attached hydrogens (primary N) is 1. The van der Waals surface area contributed by atoms with Gasteiger partial charge in [0.05, 0.1) is 12.1 Å². The van der Waals surface area contributed by atoms with Crippen molar-refractivity contribution in [3.8, 4) is 0 Å². The molecule has 0 aliphatic carbocycles.